The van der Waals surface area contributed by atoms with Crippen LogP contribution in [-0.4, -0.2) is 41.4 Å². The van der Waals surface area contributed by atoms with Crippen LogP contribution in [0.5, 0.6) is 11.5 Å². The Morgan fingerprint density at radius 3 is 2.52 bits per heavy atom. The van der Waals surface area contributed by atoms with E-state index in [0.29, 0.717) is 5.56 Å². The standard InChI is InChI=1S/C17H17NO7/c1-24-13(20)7-11(9-4-3-5-10(19)6-9)14-15(21)12(17(23)25-2)8-18-16(14)22/h3-6,8,11,19H,7H2,1-2H3,(H2,18,21,22)/t11-/m1/s1. The Kier molecular flexibility index (Phi) is 5.43. The number of nitrogens with one attached hydrogen (secondary N) is 1. The van der Waals surface area contributed by atoms with Crippen molar-refractivity contribution in [3.8, 4) is 11.5 Å². The van der Waals surface area contributed by atoms with E-state index in [-0.39, 0.29) is 23.3 Å². The molecule has 0 saturated heterocycles. The summed E-state index contributed by atoms with van der Waals surface area (Å²) in [5.74, 6) is -3.08. The highest BCUT2D eigenvalue weighted by molar-refractivity contribution is 5.92. The number of methoxy groups -OCH3 is 2. The molecule has 132 valence electrons. The van der Waals surface area contributed by atoms with Gasteiger partial charge in [-0.05, 0) is 17.7 Å². The highest BCUT2D eigenvalue weighted by Gasteiger charge is 2.28. The average Bonchev–Trinajstić information content (AvgIpc) is 2.60. The first-order chi connectivity index (χ1) is 11.9. The van der Waals surface area contributed by atoms with E-state index < -0.39 is 29.2 Å². The number of pyridine rings is 1. The molecule has 8 heteroatoms. The number of hydrogen-bond donors (Lipinski definition) is 3. The van der Waals surface area contributed by atoms with Gasteiger partial charge in [-0.25, -0.2) is 4.79 Å². The van der Waals surface area contributed by atoms with Gasteiger partial charge in [0.05, 0.1) is 26.2 Å². The van der Waals surface area contributed by atoms with Crippen LogP contribution in [0.2, 0.25) is 0 Å². The molecule has 1 heterocycles. The third kappa shape index (κ3) is 3.79. The average molecular weight is 347 g/mol. The molecular formula is C17H17NO7. The normalized spacial score (nSPS) is 11.6. The molecule has 0 aliphatic rings. The molecule has 0 saturated carbocycles. The van der Waals surface area contributed by atoms with Crippen LogP contribution < -0.4 is 5.56 Å². The van der Waals surface area contributed by atoms with Crippen molar-refractivity contribution >= 4 is 11.9 Å². The third-order valence-electron chi connectivity index (χ3n) is 3.73. The first-order valence-electron chi connectivity index (χ1n) is 7.27. The predicted octanol–water partition coefficient (Wildman–Crippen LogP) is 1.27. The van der Waals surface area contributed by atoms with Gasteiger partial charge in [0.2, 0.25) is 0 Å². The Hall–Kier alpha value is -3.29. The zero-order valence-corrected chi connectivity index (χ0v) is 13.6. The number of aromatic nitrogens is 1. The van der Waals surface area contributed by atoms with Crippen molar-refractivity contribution in [3.05, 3.63) is 57.5 Å². The number of benzene rings is 1. The maximum absolute atomic E-state index is 12.3. The summed E-state index contributed by atoms with van der Waals surface area (Å²) in [6.07, 6.45) is 0.756. The lowest BCUT2D eigenvalue weighted by Crippen LogP contribution is -2.22. The summed E-state index contributed by atoms with van der Waals surface area (Å²) in [4.78, 5) is 38.2. The van der Waals surface area contributed by atoms with Crippen LogP contribution in [0.15, 0.2) is 35.3 Å². The fraction of sp³-hybridized carbons (Fsp3) is 0.235. The van der Waals surface area contributed by atoms with Crippen LogP contribution in [0.25, 0.3) is 0 Å². The first-order valence-corrected chi connectivity index (χ1v) is 7.27. The summed E-state index contributed by atoms with van der Waals surface area (Å²) in [7, 11) is 2.32. The van der Waals surface area contributed by atoms with Crippen molar-refractivity contribution in [2.24, 2.45) is 0 Å². The lowest BCUT2D eigenvalue weighted by molar-refractivity contribution is -0.140. The smallest absolute Gasteiger partial charge is 0.343 e. The van der Waals surface area contributed by atoms with Gasteiger partial charge in [-0.15, -0.1) is 0 Å². The van der Waals surface area contributed by atoms with Crippen molar-refractivity contribution in [3.63, 3.8) is 0 Å². The Morgan fingerprint density at radius 1 is 1.20 bits per heavy atom. The van der Waals surface area contributed by atoms with E-state index in [0.717, 1.165) is 13.3 Å². The van der Waals surface area contributed by atoms with Crippen molar-refractivity contribution in [2.75, 3.05) is 14.2 Å². The fourth-order valence-electron chi connectivity index (χ4n) is 2.50. The van der Waals surface area contributed by atoms with Crippen LogP contribution in [0.1, 0.15) is 33.8 Å². The minimum atomic E-state index is -0.937. The summed E-state index contributed by atoms with van der Waals surface area (Å²) in [6.45, 7) is 0. The summed E-state index contributed by atoms with van der Waals surface area (Å²) in [6, 6.07) is 5.90. The molecule has 0 unspecified atom stereocenters. The summed E-state index contributed by atoms with van der Waals surface area (Å²) >= 11 is 0. The molecule has 0 spiro atoms. The van der Waals surface area contributed by atoms with E-state index in [9.17, 15) is 24.6 Å². The second-order valence-electron chi connectivity index (χ2n) is 5.21. The van der Waals surface area contributed by atoms with E-state index in [1.165, 1.54) is 25.3 Å². The number of carbonyl (C=O) groups is 2. The predicted molar refractivity (Wildman–Crippen MR) is 86.6 cm³/mol. The van der Waals surface area contributed by atoms with E-state index in [2.05, 4.69) is 14.5 Å². The molecule has 0 radical (unpaired) electrons. The van der Waals surface area contributed by atoms with Crippen molar-refractivity contribution in [1.82, 2.24) is 4.98 Å². The molecular weight excluding hydrogens is 330 g/mol. The molecule has 0 aliphatic carbocycles. The minimum absolute atomic E-state index is 0.0765. The van der Waals surface area contributed by atoms with Crippen molar-refractivity contribution in [1.29, 1.82) is 0 Å². The highest BCUT2D eigenvalue weighted by Crippen LogP contribution is 2.34. The molecule has 8 nitrogen and oxygen atoms in total. The molecule has 3 N–H and O–H groups in total. The van der Waals surface area contributed by atoms with Crippen molar-refractivity contribution in [2.45, 2.75) is 12.3 Å². The highest BCUT2D eigenvalue weighted by atomic mass is 16.5. The number of aromatic amines is 1. The summed E-state index contributed by atoms with van der Waals surface area (Å²) in [5.41, 5.74) is -0.721. The Balaban J connectivity index is 2.67. The summed E-state index contributed by atoms with van der Waals surface area (Å²) < 4.78 is 9.21. The SMILES string of the molecule is COC(=O)C[C@H](c1cccc(O)c1)c1c(O)c(C(=O)OC)c[nH]c1=O. The topological polar surface area (TPSA) is 126 Å². The third-order valence-corrected chi connectivity index (χ3v) is 3.73. The number of esters is 2. The maximum Gasteiger partial charge on any atom is 0.343 e. The Morgan fingerprint density at radius 2 is 1.92 bits per heavy atom. The van der Waals surface area contributed by atoms with Gasteiger partial charge in [-0.2, -0.15) is 0 Å². The molecule has 0 bridgehead atoms. The maximum atomic E-state index is 12.3. The monoisotopic (exact) mass is 347 g/mol. The molecule has 1 atom stereocenters. The molecule has 0 amide bonds. The van der Waals surface area contributed by atoms with E-state index >= 15 is 0 Å². The number of phenolic OH excluding ortho intramolecular Hbond substituents is 1. The van der Waals surface area contributed by atoms with Gasteiger partial charge in [0, 0.05) is 12.1 Å². The number of rotatable bonds is 5. The van der Waals surface area contributed by atoms with Gasteiger partial charge in [0.1, 0.15) is 17.1 Å². The van der Waals surface area contributed by atoms with Gasteiger partial charge in [0.15, 0.2) is 0 Å². The molecule has 0 aliphatic heterocycles. The van der Waals surface area contributed by atoms with E-state index in [4.69, 9.17) is 0 Å². The van der Waals surface area contributed by atoms with Crippen molar-refractivity contribution < 1.29 is 29.3 Å². The zero-order valence-electron chi connectivity index (χ0n) is 13.6. The minimum Gasteiger partial charge on any atom is -0.508 e. The largest absolute Gasteiger partial charge is 0.508 e. The van der Waals surface area contributed by atoms with E-state index in [1.807, 2.05) is 0 Å². The van der Waals surface area contributed by atoms with Gasteiger partial charge in [0.25, 0.3) is 5.56 Å². The zero-order chi connectivity index (χ0) is 18.6. The number of aromatic hydroxyl groups is 2. The van der Waals surface area contributed by atoms with Gasteiger partial charge in [-0.1, -0.05) is 12.1 Å². The lowest BCUT2D eigenvalue weighted by Gasteiger charge is -2.18. The first kappa shape index (κ1) is 18.1. The second kappa shape index (κ2) is 7.52. The number of phenols is 1. The van der Waals surface area contributed by atoms with Crippen LogP contribution in [-0.2, 0) is 14.3 Å². The molecule has 1 aromatic heterocycles. The Labute approximate surface area is 142 Å². The second-order valence-corrected chi connectivity index (χ2v) is 5.21. The van der Waals surface area contributed by atoms with Crippen LogP contribution in [0, 0.1) is 0 Å². The van der Waals surface area contributed by atoms with E-state index in [1.54, 1.807) is 6.07 Å². The fourth-order valence-corrected chi connectivity index (χ4v) is 2.50. The molecule has 25 heavy (non-hydrogen) atoms. The number of carbonyl (C=O) groups excluding carboxylic acids is 2. The lowest BCUT2D eigenvalue weighted by atomic mass is 9.87. The quantitative estimate of drug-likeness (QED) is 0.695. The summed E-state index contributed by atoms with van der Waals surface area (Å²) in [5, 5.41) is 20.1. The number of hydrogen-bond acceptors (Lipinski definition) is 7. The van der Waals surface area contributed by atoms with Gasteiger partial charge in [-0.3, -0.25) is 9.59 Å². The molecule has 0 fully saturated rings. The molecule has 1 aromatic carbocycles. The molecule has 2 aromatic rings. The van der Waals surface area contributed by atoms with Gasteiger partial charge >= 0.3 is 11.9 Å². The number of ether oxygens (including phenoxy) is 2. The number of H-pyrrole nitrogens is 1. The van der Waals surface area contributed by atoms with Gasteiger partial charge < -0.3 is 24.7 Å². The molecule has 2 rings (SSSR count). The van der Waals surface area contributed by atoms with Crippen LogP contribution >= 0.6 is 0 Å². The Bertz CT molecular complexity index is 856. The van der Waals surface area contributed by atoms with Crippen LogP contribution in [0.3, 0.4) is 0 Å². The van der Waals surface area contributed by atoms with Crippen LogP contribution in [0.4, 0.5) is 0 Å².